The third-order valence-electron chi connectivity index (χ3n) is 5.10. The number of anilines is 2. The number of aryl methyl sites for hydroxylation is 1. The Labute approximate surface area is 176 Å². The van der Waals surface area contributed by atoms with Crippen molar-refractivity contribution in [3.63, 3.8) is 0 Å². The van der Waals surface area contributed by atoms with Crippen LogP contribution in [0.5, 0.6) is 5.75 Å². The molecule has 0 radical (unpaired) electrons. The van der Waals surface area contributed by atoms with Gasteiger partial charge in [0, 0.05) is 24.3 Å². The molecule has 0 saturated carbocycles. The fourth-order valence-electron chi connectivity index (χ4n) is 3.53. The predicted molar refractivity (Wildman–Crippen MR) is 116 cm³/mol. The van der Waals surface area contributed by atoms with Gasteiger partial charge in [0.25, 0.3) is 0 Å². The van der Waals surface area contributed by atoms with E-state index in [0.29, 0.717) is 35.9 Å². The van der Waals surface area contributed by atoms with Gasteiger partial charge in [0.2, 0.25) is 10.0 Å². The van der Waals surface area contributed by atoms with Gasteiger partial charge in [0.1, 0.15) is 10.6 Å². The molecule has 30 heavy (non-hydrogen) atoms. The van der Waals surface area contributed by atoms with Gasteiger partial charge in [0.15, 0.2) is 5.82 Å². The summed E-state index contributed by atoms with van der Waals surface area (Å²) in [6.07, 6.45) is 1.75. The Kier molecular flexibility index (Phi) is 5.69. The van der Waals surface area contributed by atoms with Crippen LogP contribution in [0.25, 0.3) is 11.3 Å². The van der Waals surface area contributed by atoms with Crippen molar-refractivity contribution < 1.29 is 13.2 Å². The van der Waals surface area contributed by atoms with E-state index in [1.54, 1.807) is 18.2 Å². The number of rotatable bonds is 6. The standard InChI is InChI=1S/C22H24N4O3S/c1-16-6-5-7-18(14-16)23-22-11-9-19(24-25-22)17-8-10-20(29-2)21(15-17)30(27,28)26-12-3-4-13-26/h5-11,14-15H,3-4,12-13H2,1-2H3,(H,23,25). The summed E-state index contributed by atoms with van der Waals surface area (Å²) in [6.45, 7) is 3.10. The van der Waals surface area contributed by atoms with Crippen molar-refractivity contribution in [1.82, 2.24) is 14.5 Å². The van der Waals surface area contributed by atoms with Crippen LogP contribution >= 0.6 is 0 Å². The Morgan fingerprint density at radius 1 is 1.00 bits per heavy atom. The summed E-state index contributed by atoms with van der Waals surface area (Å²) in [6, 6.07) is 16.7. The van der Waals surface area contributed by atoms with Crippen LogP contribution in [0.3, 0.4) is 0 Å². The molecule has 0 bridgehead atoms. The second-order valence-corrected chi connectivity index (χ2v) is 9.18. The summed E-state index contributed by atoms with van der Waals surface area (Å²) in [4.78, 5) is 0.160. The molecule has 0 unspecified atom stereocenters. The number of sulfonamides is 1. The number of ether oxygens (including phenoxy) is 1. The van der Waals surface area contributed by atoms with Gasteiger partial charge in [-0.1, -0.05) is 12.1 Å². The zero-order valence-electron chi connectivity index (χ0n) is 17.0. The maximum atomic E-state index is 13.1. The van der Waals surface area contributed by atoms with Gasteiger partial charge >= 0.3 is 0 Å². The number of hydrogen-bond donors (Lipinski definition) is 1. The smallest absolute Gasteiger partial charge is 0.246 e. The Bertz CT molecular complexity index is 1140. The fraction of sp³-hybridized carbons (Fsp3) is 0.273. The zero-order chi connectivity index (χ0) is 21.1. The summed E-state index contributed by atoms with van der Waals surface area (Å²) in [5.41, 5.74) is 3.34. The highest BCUT2D eigenvalue weighted by Crippen LogP contribution is 2.32. The highest BCUT2D eigenvalue weighted by molar-refractivity contribution is 7.89. The highest BCUT2D eigenvalue weighted by atomic mass is 32.2. The van der Waals surface area contributed by atoms with Gasteiger partial charge < -0.3 is 10.1 Å². The topological polar surface area (TPSA) is 84.4 Å². The maximum Gasteiger partial charge on any atom is 0.246 e. The average molecular weight is 425 g/mol. The molecule has 1 saturated heterocycles. The molecule has 7 nitrogen and oxygen atoms in total. The van der Waals surface area contributed by atoms with E-state index in [9.17, 15) is 8.42 Å². The summed E-state index contributed by atoms with van der Waals surface area (Å²) < 4.78 is 33.0. The molecule has 4 rings (SSSR count). The number of hydrogen-bond acceptors (Lipinski definition) is 6. The lowest BCUT2D eigenvalue weighted by Crippen LogP contribution is -2.28. The highest BCUT2D eigenvalue weighted by Gasteiger charge is 2.30. The molecule has 1 aliphatic rings. The Morgan fingerprint density at radius 3 is 2.47 bits per heavy atom. The van der Waals surface area contributed by atoms with Crippen molar-refractivity contribution >= 4 is 21.5 Å². The van der Waals surface area contributed by atoms with Crippen LogP contribution in [0.15, 0.2) is 59.5 Å². The first-order valence-corrected chi connectivity index (χ1v) is 11.3. The predicted octanol–water partition coefficient (Wildman–Crippen LogP) is 3.99. The number of nitrogens with zero attached hydrogens (tertiary/aromatic N) is 3. The molecule has 0 spiro atoms. The summed E-state index contributed by atoms with van der Waals surface area (Å²) in [7, 11) is -2.14. The molecule has 0 aliphatic carbocycles. The molecule has 2 heterocycles. The van der Waals surface area contributed by atoms with E-state index in [0.717, 1.165) is 24.1 Å². The van der Waals surface area contributed by atoms with Crippen molar-refractivity contribution in [2.24, 2.45) is 0 Å². The fourth-order valence-corrected chi connectivity index (χ4v) is 5.23. The molecule has 3 aromatic rings. The second kappa shape index (κ2) is 8.41. The Balaban J connectivity index is 1.62. The van der Waals surface area contributed by atoms with Gasteiger partial charge in [-0.05, 0) is 67.8 Å². The third kappa shape index (κ3) is 4.15. The molecule has 2 aromatic carbocycles. The largest absolute Gasteiger partial charge is 0.495 e. The molecule has 156 valence electrons. The van der Waals surface area contributed by atoms with Gasteiger partial charge in [-0.15, -0.1) is 10.2 Å². The van der Waals surface area contributed by atoms with E-state index in [2.05, 4.69) is 15.5 Å². The Hall–Kier alpha value is -2.97. The molecule has 1 aliphatic heterocycles. The molecule has 0 atom stereocenters. The zero-order valence-corrected chi connectivity index (χ0v) is 17.8. The quantitative estimate of drug-likeness (QED) is 0.644. The second-order valence-electron chi connectivity index (χ2n) is 7.28. The van der Waals surface area contributed by atoms with E-state index in [1.807, 2.05) is 43.3 Å². The summed E-state index contributed by atoms with van der Waals surface area (Å²) >= 11 is 0. The van der Waals surface area contributed by atoms with E-state index < -0.39 is 10.0 Å². The molecular formula is C22H24N4O3S. The number of aromatic nitrogens is 2. The van der Waals surface area contributed by atoms with Crippen molar-refractivity contribution in [2.45, 2.75) is 24.7 Å². The minimum atomic E-state index is -3.62. The van der Waals surface area contributed by atoms with Crippen LogP contribution in [0.2, 0.25) is 0 Å². The van der Waals surface area contributed by atoms with E-state index in [1.165, 1.54) is 11.4 Å². The van der Waals surface area contributed by atoms with Crippen LogP contribution in [0.1, 0.15) is 18.4 Å². The molecular weight excluding hydrogens is 400 g/mol. The van der Waals surface area contributed by atoms with Crippen molar-refractivity contribution in [3.8, 4) is 17.0 Å². The van der Waals surface area contributed by atoms with Crippen molar-refractivity contribution in [1.29, 1.82) is 0 Å². The van der Waals surface area contributed by atoms with Crippen LogP contribution in [-0.4, -0.2) is 43.1 Å². The summed E-state index contributed by atoms with van der Waals surface area (Å²) in [5, 5.41) is 11.7. The van der Waals surface area contributed by atoms with Gasteiger partial charge in [-0.2, -0.15) is 4.31 Å². The SMILES string of the molecule is COc1ccc(-c2ccc(Nc3cccc(C)c3)nn2)cc1S(=O)(=O)N1CCCC1. The normalized spacial score (nSPS) is 14.6. The first-order valence-electron chi connectivity index (χ1n) is 9.83. The maximum absolute atomic E-state index is 13.1. The summed E-state index contributed by atoms with van der Waals surface area (Å²) in [5.74, 6) is 0.944. The van der Waals surface area contributed by atoms with Crippen LogP contribution < -0.4 is 10.1 Å². The first-order chi connectivity index (χ1) is 14.5. The van der Waals surface area contributed by atoms with E-state index in [4.69, 9.17) is 4.74 Å². The number of nitrogens with one attached hydrogen (secondary N) is 1. The lowest BCUT2D eigenvalue weighted by molar-refractivity contribution is 0.398. The van der Waals surface area contributed by atoms with Gasteiger partial charge in [-0.25, -0.2) is 8.42 Å². The minimum absolute atomic E-state index is 0.160. The van der Waals surface area contributed by atoms with Crippen LogP contribution in [0.4, 0.5) is 11.5 Å². The Morgan fingerprint density at radius 2 is 1.80 bits per heavy atom. The number of benzene rings is 2. The van der Waals surface area contributed by atoms with E-state index in [-0.39, 0.29) is 4.90 Å². The van der Waals surface area contributed by atoms with Crippen LogP contribution in [-0.2, 0) is 10.0 Å². The van der Waals surface area contributed by atoms with Gasteiger partial charge in [0.05, 0.1) is 12.8 Å². The third-order valence-corrected chi connectivity index (χ3v) is 7.02. The minimum Gasteiger partial charge on any atom is -0.495 e. The molecule has 0 amide bonds. The lowest BCUT2D eigenvalue weighted by atomic mass is 10.1. The molecule has 1 fully saturated rings. The van der Waals surface area contributed by atoms with Crippen molar-refractivity contribution in [3.05, 3.63) is 60.2 Å². The monoisotopic (exact) mass is 424 g/mol. The van der Waals surface area contributed by atoms with Crippen LogP contribution in [0, 0.1) is 6.92 Å². The number of methoxy groups -OCH3 is 1. The van der Waals surface area contributed by atoms with Crippen molar-refractivity contribution in [2.75, 3.05) is 25.5 Å². The molecule has 1 aromatic heterocycles. The lowest BCUT2D eigenvalue weighted by Gasteiger charge is -2.18. The first kappa shape index (κ1) is 20.3. The molecule has 1 N–H and O–H groups in total. The van der Waals surface area contributed by atoms with E-state index >= 15 is 0 Å². The average Bonchev–Trinajstić information content (AvgIpc) is 3.30. The molecule has 8 heteroatoms. The van der Waals surface area contributed by atoms with Gasteiger partial charge in [-0.3, -0.25) is 0 Å².